The van der Waals surface area contributed by atoms with Crippen LogP contribution in [-0.2, 0) is 0 Å². The first-order chi connectivity index (χ1) is 8.29. The van der Waals surface area contributed by atoms with Gasteiger partial charge in [0.15, 0.2) is 0 Å². The smallest absolute Gasteiger partial charge is 0.0861 e. The topological polar surface area (TPSA) is 36.8 Å². The highest BCUT2D eigenvalue weighted by Gasteiger charge is 1.96. The van der Waals surface area contributed by atoms with Crippen molar-refractivity contribution in [1.29, 1.82) is 0 Å². The van der Waals surface area contributed by atoms with E-state index in [1.807, 2.05) is 62.5 Å². The summed E-state index contributed by atoms with van der Waals surface area (Å²) < 4.78 is 0. The third-order valence-electron chi connectivity index (χ3n) is 2.52. The lowest BCUT2D eigenvalue weighted by Gasteiger charge is -2.04. The molecule has 3 heteroatoms. The molecule has 0 aliphatic carbocycles. The van der Waals surface area contributed by atoms with Gasteiger partial charge in [-0.25, -0.2) is 0 Å². The van der Waals surface area contributed by atoms with Gasteiger partial charge in [0.25, 0.3) is 0 Å². The van der Waals surface area contributed by atoms with Crippen LogP contribution in [0.3, 0.4) is 0 Å². The van der Waals surface area contributed by atoms with Crippen molar-refractivity contribution in [2.24, 2.45) is 10.2 Å². The largest absolute Gasteiger partial charge is 0.388 e. The Bertz CT molecular complexity index is 518. The van der Waals surface area contributed by atoms with Crippen LogP contribution in [0.15, 0.2) is 58.8 Å². The molecule has 0 fully saturated rings. The number of nitrogens with zero attached hydrogens (tertiary/aromatic N) is 2. The number of aryl methyl sites for hydroxylation is 1. The van der Waals surface area contributed by atoms with Crippen molar-refractivity contribution in [3.8, 4) is 0 Å². The Morgan fingerprint density at radius 2 is 1.59 bits per heavy atom. The van der Waals surface area contributed by atoms with E-state index in [2.05, 4.69) is 15.5 Å². The standard InChI is InChI=1S/C14H15N3/c1-11-10-13(8-9-14(11)15-2)17-16-12-6-4-3-5-7-12/h3-10,15H,1-2H3. The Hall–Kier alpha value is -2.16. The van der Waals surface area contributed by atoms with E-state index < -0.39 is 0 Å². The molecule has 0 heterocycles. The first kappa shape index (κ1) is 11.3. The average molecular weight is 225 g/mol. The molecule has 0 radical (unpaired) electrons. The summed E-state index contributed by atoms with van der Waals surface area (Å²) in [5.74, 6) is 0. The molecule has 1 N–H and O–H groups in total. The van der Waals surface area contributed by atoms with Gasteiger partial charge in [0.05, 0.1) is 11.4 Å². The van der Waals surface area contributed by atoms with Gasteiger partial charge in [-0.3, -0.25) is 0 Å². The van der Waals surface area contributed by atoms with Crippen LogP contribution in [0.25, 0.3) is 0 Å². The number of azo groups is 1. The van der Waals surface area contributed by atoms with E-state index in [0.717, 1.165) is 22.6 Å². The second kappa shape index (κ2) is 5.25. The normalized spacial score (nSPS) is 10.7. The van der Waals surface area contributed by atoms with Crippen molar-refractivity contribution in [1.82, 2.24) is 0 Å². The Morgan fingerprint density at radius 3 is 2.24 bits per heavy atom. The fourth-order valence-corrected chi connectivity index (χ4v) is 1.60. The van der Waals surface area contributed by atoms with Crippen LogP contribution >= 0.6 is 0 Å². The van der Waals surface area contributed by atoms with E-state index >= 15 is 0 Å². The summed E-state index contributed by atoms with van der Waals surface area (Å²) in [5.41, 5.74) is 4.01. The first-order valence-corrected chi connectivity index (χ1v) is 5.55. The SMILES string of the molecule is CNc1ccc(N=Nc2ccccc2)cc1C. The van der Waals surface area contributed by atoms with Crippen LogP contribution in [0.5, 0.6) is 0 Å². The third kappa shape index (κ3) is 2.91. The van der Waals surface area contributed by atoms with E-state index in [-0.39, 0.29) is 0 Å². The number of nitrogens with one attached hydrogen (secondary N) is 1. The van der Waals surface area contributed by atoms with Gasteiger partial charge in [0, 0.05) is 12.7 Å². The zero-order valence-corrected chi connectivity index (χ0v) is 10.0. The van der Waals surface area contributed by atoms with Crippen LogP contribution in [0, 0.1) is 6.92 Å². The second-order valence-corrected chi connectivity index (χ2v) is 3.78. The highest BCUT2D eigenvalue weighted by atomic mass is 15.1. The number of anilines is 1. The number of benzene rings is 2. The second-order valence-electron chi connectivity index (χ2n) is 3.78. The van der Waals surface area contributed by atoms with Crippen LogP contribution in [0.1, 0.15) is 5.56 Å². The lowest BCUT2D eigenvalue weighted by Crippen LogP contribution is -1.89. The summed E-state index contributed by atoms with van der Waals surface area (Å²) in [5, 5.41) is 11.5. The molecule has 0 amide bonds. The van der Waals surface area contributed by atoms with Crippen molar-refractivity contribution < 1.29 is 0 Å². The Morgan fingerprint density at radius 1 is 0.882 bits per heavy atom. The molecule has 0 aliphatic heterocycles. The van der Waals surface area contributed by atoms with Crippen LogP contribution < -0.4 is 5.32 Å². The van der Waals surface area contributed by atoms with E-state index in [1.165, 1.54) is 0 Å². The van der Waals surface area contributed by atoms with E-state index in [9.17, 15) is 0 Å². The molecule has 3 nitrogen and oxygen atoms in total. The van der Waals surface area contributed by atoms with E-state index in [4.69, 9.17) is 0 Å². The number of hydrogen-bond donors (Lipinski definition) is 1. The molecule has 2 rings (SSSR count). The molecule has 2 aromatic rings. The van der Waals surface area contributed by atoms with Gasteiger partial charge < -0.3 is 5.32 Å². The molecule has 0 atom stereocenters. The van der Waals surface area contributed by atoms with Gasteiger partial charge in [-0.1, -0.05) is 18.2 Å². The highest BCUT2D eigenvalue weighted by Crippen LogP contribution is 2.23. The van der Waals surface area contributed by atoms with E-state index in [1.54, 1.807) is 0 Å². The third-order valence-corrected chi connectivity index (χ3v) is 2.52. The lowest BCUT2D eigenvalue weighted by molar-refractivity contribution is 1.22. The highest BCUT2D eigenvalue weighted by molar-refractivity contribution is 5.56. The maximum Gasteiger partial charge on any atom is 0.0861 e. The zero-order chi connectivity index (χ0) is 12.1. The molecular formula is C14H15N3. The summed E-state index contributed by atoms with van der Waals surface area (Å²) in [6, 6.07) is 15.7. The maximum atomic E-state index is 4.21. The molecule has 0 unspecified atom stereocenters. The molecule has 2 aromatic carbocycles. The van der Waals surface area contributed by atoms with Gasteiger partial charge in [0.2, 0.25) is 0 Å². The monoisotopic (exact) mass is 225 g/mol. The minimum Gasteiger partial charge on any atom is -0.388 e. The minimum atomic E-state index is 0.864. The first-order valence-electron chi connectivity index (χ1n) is 5.55. The quantitative estimate of drug-likeness (QED) is 0.769. The van der Waals surface area contributed by atoms with Gasteiger partial charge in [-0.05, 0) is 42.8 Å². The van der Waals surface area contributed by atoms with Gasteiger partial charge >= 0.3 is 0 Å². The number of rotatable bonds is 3. The summed E-state index contributed by atoms with van der Waals surface area (Å²) in [6.07, 6.45) is 0. The van der Waals surface area contributed by atoms with Crippen molar-refractivity contribution in [2.45, 2.75) is 6.92 Å². The summed E-state index contributed by atoms with van der Waals surface area (Å²) >= 11 is 0. The summed E-state index contributed by atoms with van der Waals surface area (Å²) in [6.45, 7) is 2.05. The minimum absolute atomic E-state index is 0.864. The maximum absolute atomic E-state index is 4.21. The molecule has 0 saturated heterocycles. The van der Waals surface area contributed by atoms with Gasteiger partial charge in [-0.15, -0.1) is 0 Å². The average Bonchev–Trinajstić information content (AvgIpc) is 2.38. The van der Waals surface area contributed by atoms with Crippen LogP contribution in [-0.4, -0.2) is 7.05 Å². The van der Waals surface area contributed by atoms with Gasteiger partial charge in [-0.2, -0.15) is 10.2 Å². The predicted octanol–water partition coefficient (Wildman–Crippen LogP) is 4.45. The molecule has 0 saturated carbocycles. The molecular weight excluding hydrogens is 210 g/mol. The van der Waals surface area contributed by atoms with Gasteiger partial charge in [0.1, 0.15) is 0 Å². The van der Waals surface area contributed by atoms with Crippen molar-refractivity contribution >= 4 is 17.1 Å². The number of hydrogen-bond acceptors (Lipinski definition) is 3. The predicted molar refractivity (Wildman–Crippen MR) is 71.3 cm³/mol. The Labute approximate surface area is 101 Å². The Kier molecular flexibility index (Phi) is 3.50. The summed E-state index contributed by atoms with van der Waals surface area (Å²) in [4.78, 5) is 0. The fraction of sp³-hybridized carbons (Fsp3) is 0.143. The zero-order valence-electron chi connectivity index (χ0n) is 10.0. The van der Waals surface area contributed by atoms with Crippen molar-refractivity contribution in [3.05, 3.63) is 54.1 Å². The molecule has 0 spiro atoms. The molecule has 0 aromatic heterocycles. The van der Waals surface area contributed by atoms with Crippen LogP contribution in [0.4, 0.5) is 17.1 Å². The van der Waals surface area contributed by atoms with Crippen molar-refractivity contribution in [3.63, 3.8) is 0 Å². The fourth-order valence-electron chi connectivity index (χ4n) is 1.60. The Balaban J connectivity index is 2.19. The lowest BCUT2D eigenvalue weighted by atomic mass is 10.2. The van der Waals surface area contributed by atoms with E-state index in [0.29, 0.717) is 0 Å². The van der Waals surface area contributed by atoms with Crippen molar-refractivity contribution in [2.75, 3.05) is 12.4 Å². The van der Waals surface area contributed by atoms with Crippen LogP contribution in [0.2, 0.25) is 0 Å². The molecule has 0 aliphatic rings. The molecule has 86 valence electrons. The summed E-state index contributed by atoms with van der Waals surface area (Å²) in [7, 11) is 1.91. The molecule has 17 heavy (non-hydrogen) atoms. The molecule has 0 bridgehead atoms.